The summed E-state index contributed by atoms with van der Waals surface area (Å²) in [4.78, 5) is 25.8. The zero-order chi connectivity index (χ0) is 20.1. The van der Waals surface area contributed by atoms with Gasteiger partial charge in [-0.1, -0.05) is 57.0 Å². The van der Waals surface area contributed by atoms with Crippen molar-refractivity contribution in [3.63, 3.8) is 0 Å². The number of halogens is 1. The molecule has 0 aliphatic carbocycles. The van der Waals surface area contributed by atoms with Crippen LogP contribution in [0.2, 0.25) is 5.15 Å². The number of amides is 2. The van der Waals surface area contributed by atoms with Gasteiger partial charge in [0.05, 0.1) is 6.04 Å². The molecule has 1 saturated heterocycles. The molecule has 7 heteroatoms. The highest BCUT2D eigenvalue weighted by Crippen LogP contribution is 2.23. The number of anilines is 2. The van der Waals surface area contributed by atoms with Crippen molar-refractivity contribution >= 4 is 29.3 Å². The fraction of sp³-hybridized carbons (Fsp3) is 0.476. The maximum atomic E-state index is 13.1. The highest BCUT2D eigenvalue weighted by molar-refractivity contribution is 6.29. The molecule has 1 atom stereocenters. The number of nitrogens with one attached hydrogen (secondary N) is 1. The van der Waals surface area contributed by atoms with Gasteiger partial charge in [0.2, 0.25) is 5.95 Å². The van der Waals surface area contributed by atoms with Crippen molar-refractivity contribution in [2.75, 3.05) is 29.9 Å². The molecule has 28 heavy (non-hydrogen) atoms. The van der Waals surface area contributed by atoms with Crippen LogP contribution in [0.25, 0.3) is 0 Å². The second kappa shape index (κ2) is 9.24. The summed E-state index contributed by atoms with van der Waals surface area (Å²) in [7, 11) is 0. The first-order chi connectivity index (χ1) is 13.5. The van der Waals surface area contributed by atoms with Gasteiger partial charge in [-0.25, -0.2) is 14.8 Å². The van der Waals surface area contributed by atoms with Crippen LogP contribution in [-0.4, -0.2) is 46.6 Å². The van der Waals surface area contributed by atoms with E-state index in [1.54, 1.807) is 12.3 Å². The lowest BCUT2D eigenvalue weighted by molar-refractivity contribution is 0.156. The molecule has 3 rings (SSSR count). The van der Waals surface area contributed by atoms with Gasteiger partial charge in [0.1, 0.15) is 5.15 Å². The van der Waals surface area contributed by atoms with Gasteiger partial charge < -0.3 is 15.1 Å². The Bertz CT molecular complexity index is 813. The number of carbonyl (C=O) groups excluding carboxylic acids is 1. The van der Waals surface area contributed by atoms with Crippen molar-refractivity contribution in [1.82, 2.24) is 14.9 Å². The Morgan fingerprint density at radius 3 is 2.79 bits per heavy atom. The molecule has 150 valence electrons. The van der Waals surface area contributed by atoms with Gasteiger partial charge in [0.25, 0.3) is 0 Å². The summed E-state index contributed by atoms with van der Waals surface area (Å²) in [6.07, 6.45) is 3.66. The SMILES string of the molecule is CCCc1ccccc1NC(=O)N1CCN(c2nccc(Cl)n2)CC1C(C)C. The van der Waals surface area contributed by atoms with Crippen LogP contribution in [0.3, 0.4) is 0 Å². The van der Waals surface area contributed by atoms with Crippen LogP contribution in [0.4, 0.5) is 16.4 Å². The molecule has 1 aliphatic heterocycles. The molecule has 1 unspecified atom stereocenters. The van der Waals surface area contributed by atoms with E-state index in [-0.39, 0.29) is 12.1 Å². The van der Waals surface area contributed by atoms with Crippen molar-refractivity contribution < 1.29 is 4.79 Å². The highest BCUT2D eigenvalue weighted by atomic mass is 35.5. The smallest absolute Gasteiger partial charge is 0.322 e. The zero-order valence-electron chi connectivity index (χ0n) is 16.7. The van der Waals surface area contributed by atoms with Crippen LogP contribution in [0, 0.1) is 5.92 Å². The Labute approximate surface area is 171 Å². The molecule has 1 aromatic heterocycles. The van der Waals surface area contributed by atoms with E-state index in [9.17, 15) is 4.79 Å². The lowest BCUT2D eigenvalue weighted by Crippen LogP contribution is -2.58. The molecule has 6 nitrogen and oxygen atoms in total. The van der Waals surface area contributed by atoms with Crippen LogP contribution >= 0.6 is 11.6 Å². The normalized spacial score (nSPS) is 17.1. The first-order valence-electron chi connectivity index (χ1n) is 9.88. The van der Waals surface area contributed by atoms with Gasteiger partial charge in [0.15, 0.2) is 0 Å². The summed E-state index contributed by atoms with van der Waals surface area (Å²) < 4.78 is 0. The average Bonchev–Trinajstić information content (AvgIpc) is 2.69. The fourth-order valence-corrected chi connectivity index (χ4v) is 3.74. The number of para-hydroxylation sites is 1. The summed E-state index contributed by atoms with van der Waals surface area (Å²) >= 11 is 6.02. The molecule has 1 aliphatic rings. The number of carbonyl (C=O) groups is 1. The standard InChI is InChI=1S/C21H28ClN5O/c1-4-7-16-8-5-6-9-17(16)24-21(28)27-13-12-26(14-18(27)15(2)3)20-23-11-10-19(22)25-20/h5-6,8-11,15,18H,4,7,12-14H2,1-3H3,(H,24,28). The van der Waals surface area contributed by atoms with Crippen molar-refractivity contribution in [2.45, 2.75) is 39.7 Å². The number of hydrogen-bond donors (Lipinski definition) is 1. The fourth-order valence-electron chi connectivity index (χ4n) is 3.61. The van der Waals surface area contributed by atoms with Gasteiger partial charge in [0, 0.05) is 31.5 Å². The van der Waals surface area contributed by atoms with Crippen LogP contribution in [0.15, 0.2) is 36.5 Å². The summed E-state index contributed by atoms with van der Waals surface area (Å²) in [5.41, 5.74) is 2.07. The summed E-state index contributed by atoms with van der Waals surface area (Å²) in [5.74, 6) is 0.921. The molecule has 0 radical (unpaired) electrons. The average molecular weight is 402 g/mol. The number of urea groups is 1. The predicted molar refractivity (Wildman–Crippen MR) is 114 cm³/mol. The van der Waals surface area contributed by atoms with E-state index in [4.69, 9.17) is 11.6 Å². The Morgan fingerprint density at radius 2 is 2.07 bits per heavy atom. The van der Waals surface area contributed by atoms with E-state index in [0.29, 0.717) is 36.7 Å². The molecular weight excluding hydrogens is 374 g/mol. The van der Waals surface area contributed by atoms with Gasteiger partial charge in [-0.2, -0.15) is 0 Å². The molecule has 1 N–H and O–H groups in total. The van der Waals surface area contributed by atoms with Gasteiger partial charge >= 0.3 is 6.03 Å². The van der Waals surface area contributed by atoms with Gasteiger partial charge in [-0.05, 0) is 30.0 Å². The minimum atomic E-state index is -0.0473. The third kappa shape index (κ3) is 4.73. The summed E-state index contributed by atoms with van der Waals surface area (Å²) in [6.45, 7) is 8.39. The van der Waals surface area contributed by atoms with Crippen LogP contribution in [0.1, 0.15) is 32.8 Å². The van der Waals surface area contributed by atoms with Crippen LogP contribution < -0.4 is 10.2 Å². The zero-order valence-corrected chi connectivity index (χ0v) is 17.5. The van der Waals surface area contributed by atoms with Crippen molar-refractivity contribution in [3.8, 4) is 0 Å². The van der Waals surface area contributed by atoms with E-state index in [2.05, 4.69) is 47.0 Å². The van der Waals surface area contributed by atoms with Crippen molar-refractivity contribution in [1.29, 1.82) is 0 Å². The van der Waals surface area contributed by atoms with Crippen molar-refractivity contribution in [2.24, 2.45) is 5.92 Å². The number of hydrogen-bond acceptors (Lipinski definition) is 4. The van der Waals surface area contributed by atoms with Crippen LogP contribution in [-0.2, 0) is 6.42 Å². The number of nitrogens with zero attached hydrogens (tertiary/aromatic N) is 4. The number of piperazine rings is 1. The van der Waals surface area contributed by atoms with Gasteiger partial charge in [-0.15, -0.1) is 0 Å². The molecule has 0 spiro atoms. The molecule has 1 aromatic carbocycles. The monoisotopic (exact) mass is 401 g/mol. The van der Waals surface area contributed by atoms with E-state index in [1.165, 1.54) is 5.56 Å². The first-order valence-corrected chi connectivity index (χ1v) is 10.3. The first kappa shape index (κ1) is 20.4. The molecular formula is C21H28ClN5O. The summed E-state index contributed by atoms with van der Waals surface area (Å²) in [5, 5.41) is 3.56. The minimum absolute atomic E-state index is 0.0473. The Kier molecular flexibility index (Phi) is 6.73. The topological polar surface area (TPSA) is 61.4 Å². The Morgan fingerprint density at radius 1 is 1.29 bits per heavy atom. The van der Waals surface area contributed by atoms with E-state index in [0.717, 1.165) is 18.5 Å². The number of rotatable bonds is 5. The maximum absolute atomic E-state index is 13.1. The predicted octanol–water partition coefficient (Wildman–Crippen LogP) is 4.46. The third-order valence-corrected chi connectivity index (χ3v) is 5.33. The lowest BCUT2D eigenvalue weighted by Gasteiger charge is -2.43. The van der Waals surface area contributed by atoms with E-state index < -0.39 is 0 Å². The Balaban J connectivity index is 1.74. The lowest BCUT2D eigenvalue weighted by atomic mass is 10.00. The Hall–Kier alpha value is -2.34. The molecule has 0 saturated carbocycles. The van der Waals surface area contributed by atoms with E-state index in [1.807, 2.05) is 23.1 Å². The maximum Gasteiger partial charge on any atom is 0.322 e. The number of benzene rings is 1. The third-order valence-electron chi connectivity index (χ3n) is 5.12. The second-order valence-corrected chi connectivity index (χ2v) is 7.85. The molecule has 2 heterocycles. The molecule has 0 bridgehead atoms. The number of aryl methyl sites for hydroxylation is 1. The second-order valence-electron chi connectivity index (χ2n) is 7.47. The quantitative estimate of drug-likeness (QED) is 0.751. The number of aromatic nitrogens is 2. The highest BCUT2D eigenvalue weighted by Gasteiger charge is 2.33. The molecule has 2 amide bonds. The van der Waals surface area contributed by atoms with E-state index >= 15 is 0 Å². The summed E-state index contributed by atoms with van der Waals surface area (Å²) in [6, 6.07) is 9.72. The largest absolute Gasteiger partial charge is 0.337 e. The molecule has 1 fully saturated rings. The van der Waals surface area contributed by atoms with Crippen molar-refractivity contribution in [3.05, 3.63) is 47.2 Å². The van der Waals surface area contributed by atoms with Gasteiger partial charge in [-0.3, -0.25) is 0 Å². The molecule has 2 aromatic rings. The minimum Gasteiger partial charge on any atom is -0.337 e. The van der Waals surface area contributed by atoms with Crippen LogP contribution in [0.5, 0.6) is 0 Å².